The Morgan fingerprint density at radius 1 is 1.22 bits per heavy atom. The summed E-state index contributed by atoms with van der Waals surface area (Å²) in [7, 11) is 0. The summed E-state index contributed by atoms with van der Waals surface area (Å²) in [4.78, 5) is 22.9. The number of imidazole rings is 1. The van der Waals surface area contributed by atoms with Crippen molar-refractivity contribution < 1.29 is 9.53 Å². The molecule has 0 spiro atoms. The van der Waals surface area contributed by atoms with Gasteiger partial charge in [-0.25, -0.2) is 9.97 Å². The molecule has 1 aromatic carbocycles. The molecule has 1 aliphatic heterocycles. The molecule has 27 heavy (non-hydrogen) atoms. The molecule has 1 aliphatic rings. The number of hydrogen-bond acceptors (Lipinski definition) is 4. The quantitative estimate of drug-likeness (QED) is 0.627. The summed E-state index contributed by atoms with van der Waals surface area (Å²) in [5, 5.41) is 0. The van der Waals surface area contributed by atoms with Crippen LogP contribution in [0.2, 0.25) is 0 Å². The van der Waals surface area contributed by atoms with Crippen LogP contribution >= 0.6 is 15.9 Å². The molecule has 1 saturated heterocycles. The standard InChI is InChI=1S/C20H19BrN4O2/c21-17-5-6-19(23-11-17)27-18-7-9-25(13-18)20(26)16-3-1-15(2-4-16)12-24-10-8-22-14-24/h1-6,8,10-11,14,18H,7,9,12-13H2. The molecular weight excluding hydrogens is 408 g/mol. The summed E-state index contributed by atoms with van der Waals surface area (Å²) >= 11 is 3.36. The van der Waals surface area contributed by atoms with Gasteiger partial charge in [0.15, 0.2) is 0 Å². The van der Waals surface area contributed by atoms with Crippen LogP contribution in [0.4, 0.5) is 0 Å². The molecule has 4 rings (SSSR count). The van der Waals surface area contributed by atoms with Gasteiger partial charge in [0.1, 0.15) is 6.10 Å². The largest absolute Gasteiger partial charge is 0.472 e. The van der Waals surface area contributed by atoms with E-state index in [1.807, 2.05) is 52.1 Å². The number of benzene rings is 1. The summed E-state index contributed by atoms with van der Waals surface area (Å²) in [6.45, 7) is 2.01. The maximum Gasteiger partial charge on any atom is 0.253 e. The zero-order valence-electron chi connectivity index (χ0n) is 14.7. The summed E-state index contributed by atoms with van der Waals surface area (Å²) in [6, 6.07) is 11.5. The van der Waals surface area contributed by atoms with E-state index in [2.05, 4.69) is 25.9 Å². The third kappa shape index (κ3) is 4.36. The number of halogens is 1. The number of likely N-dealkylation sites (tertiary alicyclic amines) is 1. The normalized spacial score (nSPS) is 16.5. The lowest BCUT2D eigenvalue weighted by Gasteiger charge is -2.17. The number of carbonyl (C=O) groups is 1. The number of ether oxygens (including phenoxy) is 1. The van der Waals surface area contributed by atoms with Crippen molar-refractivity contribution in [1.29, 1.82) is 0 Å². The molecule has 1 atom stereocenters. The van der Waals surface area contributed by atoms with Crippen LogP contribution < -0.4 is 4.74 Å². The Kier molecular flexibility index (Phi) is 5.20. The molecule has 6 nitrogen and oxygen atoms in total. The lowest BCUT2D eigenvalue weighted by Crippen LogP contribution is -2.31. The minimum atomic E-state index is -0.0249. The van der Waals surface area contributed by atoms with Gasteiger partial charge < -0.3 is 14.2 Å². The molecule has 0 bridgehead atoms. The van der Waals surface area contributed by atoms with Crippen molar-refractivity contribution >= 4 is 21.8 Å². The highest BCUT2D eigenvalue weighted by Crippen LogP contribution is 2.20. The van der Waals surface area contributed by atoms with Crippen molar-refractivity contribution in [3.63, 3.8) is 0 Å². The predicted octanol–water partition coefficient (Wildman–Crippen LogP) is 3.38. The topological polar surface area (TPSA) is 60.2 Å². The van der Waals surface area contributed by atoms with Crippen molar-refractivity contribution in [3.05, 3.63) is 76.9 Å². The molecule has 1 fully saturated rings. The van der Waals surface area contributed by atoms with Gasteiger partial charge in [-0.2, -0.15) is 0 Å². The average molecular weight is 427 g/mol. The number of rotatable bonds is 5. The predicted molar refractivity (Wildman–Crippen MR) is 105 cm³/mol. The van der Waals surface area contributed by atoms with Gasteiger partial charge in [0, 0.05) is 54.2 Å². The highest BCUT2D eigenvalue weighted by atomic mass is 79.9. The number of carbonyl (C=O) groups excluding carboxylic acids is 1. The molecule has 1 amide bonds. The summed E-state index contributed by atoms with van der Waals surface area (Å²) in [5.74, 6) is 0.625. The first-order valence-electron chi connectivity index (χ1n) is 8.79. The second-order valence-corrected chi connectivity index (χ2v) is 7.44. The molecule has 7 heteroatoms. The van der Waals surface area contributed by atoms with E-state index in [4.69, 9.17) is 4.74 Å². The molecule has 0 aliphatic carbocycles. The summed E-state index contributed by atoms with van der Waals surface area (Å²) in [6.07, 6.45) is 7.95. The fourth-order valence-corrected chi connectivity index (χ4v) is 3.37. The average Bonchev–Trinajstić information content (AvgIpc) is 3.36. The Bertz CT molecular complexity index is 895. The third-order valence-electron chi connectivity index (χ3n) is 4.55. The molecule has 0 saturated carbocycles. The number of aromatic nitrogens is 3. The van der Waals surface area contributed by atoms with Crippen LogP contribution in [0.3, 0.4) is 0 Å². The first-order chi connectivity index (χ1) is 13.2. The van der Waals surface area contributed by atoms with E-state index < -0.39 is 0 Å². The zero-order chi connectivity index (χ0) is 18.6. The van der Waals surface area contributed by atoms with E-state index in [1.165, 1.54) is 0 Å². The molecule has 3 heterocycles. The van der Waals surface area contributed by atoms with Gasteiger partial charge in [-0.1, -0.05) is 12.1 Å². The maximum absolute atomic E-state index is 12.8. The number of amides is 1. The Morgan fingerprint density at radius 2 is 2.07 bits per heavy atom. The Balaban J connectivity index is 1.34. The Labute approximate surface area is 165 Å². The second-order valence-electron chi connectivity index (χ2n) is 6.53. The van der Waals surface area contributed by atoms with E-state index in [0.717, 1.165) is 23.0 Å². The van der Waals surface area contributed by atoms with Crippen molar-refractivity contribution in [2.45, 2.75) is 19.1 Å². The van der Waals surface area contributed by atoms with E-state index in [1.54, 1.807) is 18.7 Å². The minimum Gasteiger partial charge on any atom is -0.472 e. The maximum atomic E-state index is 12.8. The second kappa shape index (κ2) is 7.92. The number of nitrogens with zero attached hydrogens (tertiary/aromatic N) is 4. The van der Waals surface area contributed by atoms with E-state index >= 15 is 0 Å². The van der Waals surface area contributed by atoms with Crippen LogP contribution in [0, 0.1) is 0 Å². The molecule has 2 aromatic heterocycles. The smallest absolute Gasteiger partial charge is 0.253 e. The van der Waals surface area contributed by atoms with Crippen molar-refractivity contribution in [2.24, 2.45) is 0 Å². The fourth-order valence-electron chi connectivity index (χ4n) is 3.14. The van der Waals surface area contributed by atoms with Gasteiger partial charge in [-0.05, 0) is 39.7 Å². The van der Waals surface area contributed by atoms with Gasteiger partial charge in [0.05, 0.1) is 12.9 Å². The fraction of sp³-hybridized carbons (Fsp3) is 0.250. The van der Waals surface area contributed by atoms with Crippen LogP contribution in [0.5, 0.6) is 5.88 Å². The molecule has 138 valence electrons. The van der Waals surface area contributed by atoms with Crippen LogP contribution in [0.25, 0.3) is 0 Å². The zero-order valence-corrected chi connectivity index (χ0v) is 16.2. The van der Waals surface area contributed by atoms with Gasteiger partial charge >= 0.3 is 0 Å². The highest BCUT2D eigenvalue weighted by Gasteiger charge is 2.28. The SMILES string of the molecule is O=C(c1ccc(Cn2ccnc2)cc1)N1CCC(Oc2ccc(Br)cn2)C1. The van der Waals surface area contributed by atoms with Crippen molar-refractivity contribution in [3.8, 4) is 5.88 Å². The van der Waals surface area contributed by atoms with Gasteiger partial charge in [0.2, 0.25) is 5.88 Å². The monoisotopic (exact) mass is 426 g/mol. The van der Waals surface area contributed by atoms with Gasteiger partial charge in [-0.3, -0.25) is 4.79 Å². The first-order valence-corrected chi connectivity index (χ1v) is 9.59. The third-order valence-corrected chi connectivity index (χ3v) is 5.01. The molecular formula is C20H19BrN4O2. The van der Waals surface area contributed by atoms with Crippen molar-refractivity contribution in [2.75, 3.05) is 13.1 Å². The number of hydrogen-bond donors (Lipinski definition) is 0. The summed E-state index contributed by atoms with van der Waals surface area (Å²) in [5.41, 5.74) is 1.83. The van der Waals surface area contributed by atoms with Crippen LogP contribution in [-0.2, 0) is 6.54 Å². The van der Waals surface area contributed by atoms with Crippen LogP contribution in [0.15, 0.2) is 65.8 Å². The minimum absolute atomic E-state index is 0.0249. The van der Waals surface area contributed by atoms with Crippen molar-refractivity contribution in [1.82, 2.24) is 19.4 Å². The Morgan fingerprint density at radius 3 is 2.78 bits per heavy atom. The van der Waals surface area contributed by atoms with E-state index in [-0.39, 0.29) is 12.0 Å². The van der Waals surface area contributed by atoms with E-state index in [9.17, 15) is 4.79 Å². The number of pyridine rings is 1. The highest BCUT2D eigenvalue weighted by molar-refractivity contribution is 9.10. The van der Waals surface area contributed by atoms with Gasteiger partial charge in [-0.15, -0.1) is 0 Å². The first kappa shape index (κ1) is 17.7. The Hall–Kier alpha value is -2.67. The molecule has 1 unspecified atom stereocenters. The van der Waals surface area contributed by atoms with E-state index in [0.29, 0.717) is 24.5 Å². The molecule has 3 aromatic rings. The van der Waals surface area contributed by atoms with Crippen LogP contribution in [-0.4, -0.2) is 44.5 Å². The summed E-state index contributed by atoms with van der Waals surface area (Å²) < 4.78 is 8.80. The lowest BCUT2D eigenvalue weighted by molar-refractivity contribution is 0.0771. The van der Waals surface area contributed by atoms with Crippen LogP contribution in [0.1, 0.15) is 22.3 Å². The lowest BCUT2D eigenvalue weighted by atomic mass is 10.1. The molecule has 0 N–H and O–H groups in total. The molecule has 0 radical (unpaired) electrons. The van der Waals surface area contributed by atoms with Gasteiger partial charge in [0.25, 0.3) is 5.91 Å².